The van der Waals surface area contributed by atoms with Gasteiger partial charge in [0, 0.05) is 0 Å². The number of methoxy groups -OCH3 is 2. The monoisotopic (exact) mass is 272 g/mol. The van der Waals surface area contributed by atoms with Crippen LogP contribution in [0.2, 0.25) is 0 Å². The molecule has 7 heteroatoms. The van der Waals surface area contributed by atoms with E-state index in [9.17, 15) is 4.79 Å². The van der Waals surface area contributed by atoms with E-state index in [2.05, 4.69) is 12.6 Å². The summed E-state index contributed by atoms with van der Waals surface area (Å²) >= 11 is 8.54. The molecule has 0 bridgehead atoms. The van der Waals surface area contributed by atoms with Crippen molar-refractivity contribution in [2.24, 2.45) is 5.84 Å². The van der Waals surface area contributed by atoms with Crippen LogP contribution in [0, 0.1) is 0 Å². The third kappa shape index (κ3) is 2.87. The lowest BCUT2D eigenvalue weighted by atomic mass is 10.1. The Hall–Kier alpha value is -1.31. The van der Waals surface area contributed by atoms with Crippen LogP contribution in [0.5, 0.6) is 11.5 Å². The highest BCUT2D eigenvalue weighted by Crippen LogP contribution is 2.31. The van der Waals surface area contributed by atoms with Gasteiger partial charge in [-0.1, -0.05) is 18.3 Å². The number of benzene rings is 1. The quantitative estimate of drug-likeness (QED) is 0.285. The van der Waals surface area contributed by atoms with E-state index < -0.39 is 5.91 Å². The molecule has 0 atom stereocenters. The number of carbonyl (C=O) groups excluding carboxylic acids is 1. The molecule has 0 fully saturated rings. The molecule has 0 saturated carbocycles. The van der Waals surface area contributed by atoms with E-state index in [1.807, 2.05) is 0 Å². The molecule has 0 saturated heterocycles. The molecule has 0 radical (unpaired) electrons. The van der Waals surface area contributed by atoms with Gasteiger partial charge in [-0.15, -0.1) is 12.6 Å². The first-order valence-corrected chi connectivity index (χ1v) is 5.41. The van der Waals surface area contributed by atoms with E-state index in [0.29, 0.717) is 11.5 Å². The Kier molecular flexibility index (Phi) is 4.73. The lowest BCUT2D eigenvalue weighted by molar-refractivity contribution is 0.0849. The van der Waals surface area contributed by atoms with Crippen LogP contribution in [0.4, 0.5) is 0 Å². The molecule has 92 valence electrons. The molecule has 1 aromatic carbocycles. The summed E-state index contributed by atoms with van der Waals surface area (Å²) in [5, 5.41) is 0.760. The summed E-state index contributed by atoms with van der Waals surface area (Å²) in [5.41, 5.74) is 0.255. The van der Waals surface area contributed by atoms with Crippen LogP contribution in [0.1, 0.15) is 10.4 Å². The first kappa shape index (κ1) is 13.8. The Morgan fingerprint density at radius 2 is 2.06 bits per heavy atom. The lowest BCUT2D eigenvalue weighted by Crippen LogP contribution is -2.39. The normalized spacial score (nSPS) is 9.65. The number of thiocarbonyl (C=S) groups is 1. The summed E-state index contributed by atoms with van der Waals surface area (Å²) in [6, 6.07) is 4.90. The second kappa shape index (κ2) is 5.85. The lowest BCUT2D eigenvalue weighted by Gasteiger charge is -2.17. The van der Waals surface area contributed by atoms with Gasteiger partial charge in [0.1, 0.15) is 0 Å². The van der Waals surface area contributed by atoms with E-state index in [4.69, 9.17) is 27.5 Å². The SMILES string of the molecule is COc1cccc(C(=O)N(N)C(=S)S)c1OC. The van der Waals surface area contributed by atoms with Gasteiger partial charge in [0.15, 0.2) is 15.8 Å². The second-order valence-corrected chi connectivity index (χ2v) is 4.11. The maximum atomic E-state index is 12.0. The maximum absolute atomic E-state index is 12.0. The van der Waals surface area contributed by atoms with Crippen molar-refractivity contribution >= 4 is 35.1 Å². The number of nitrogens with zero attached hydrogens (tertiary/aromatic N) is 1. The highest BCUT2D eigenvalue weighted by atomic mass is 32.1. The number of ether oxygens (including phenoxy) is 2. The van der Waals surface area contributed by atoms with Gasteiger partial charge in [-0.05, 0) is 12.1 Å². The van der Waals surface area contributed by atoms with E-state index in [-0.39, 0.29) is 9.88 Å². The van der Waals surface area contributed by atoms with Gasteiger partial charge in [0.25, 0.3) is 5.91 Å². The maximum Gasteiger partial charge on any atom is 0.277 e. The predicted molar refractivity (Wildman–Crippen MR) is 71.5 cm³/mol. The summed E-state index contributed by atoms with van der Waals surface area (Å²) in [6.45, 7) is 0. The van der Waals surface area contributed by atoms with Crippen LogP contribution in [0.3, 0.4) is 0 Å². The van der Waals surface area contributed by atoms with Gasteiger partial charge < -0.3 is 9.47 Å². The van der Waals surface area contributed by atoms with Gasteiger partial charge >= 0.3 is 0 Å². The zero-order valence-electron chi connectivity index (χ0n) is 9.34. The van der Waals surface area contributed by atoms with Crippen molar-refractivity contribution in [2.45, 2.75) is 0 Å². The van der Waals surface area contributed by atoms with Crippen LogP contribution in [-0.2, 0) is 0 Å². The number of hydrogen-bond donors (Lipinski definition) is 2. The van der Waals surface area contributed by atoms with Gasteiger partial charge in [0.2, 0.25) is 0 Å². The molecule has 1 amide bonds. The van der Waals surface area contributed by atoms with Gasteiger partial charge in [-0.3, -0.25) is 4.79 Å². The molecule has 1 aromatic rings. The number of rotatable bonds is 3. The Morgan fingerprint density at radius 1 is 1.41 bits per heavy atom. The zero-order valence-corrected chi connectivity index (χ0v) is 11.0. The van der Waals surface area contributed by atoms with Crippen LogP contribution in [0.25, 0.3) is 0 Å². The molecule has 2 N–H and O–H groups in total. The first-order chi connectivity index (χ1) is 8.02. The van der Waals surface area contributed by atoms with Crippen molar-refractivity contribution in [3.63, 3.8) is 0 Å². The fourth-order valence-electron chi connectivity index (χ4n) is 1.27. The second-order valence-electron chi connectivity index (χ2n) is 3.00. The molecule has 5 nitrogen and oxygen atoms in total. The van der Waals surface area contributed by atoms with Gasteiger partial charge in [-0.25, -0.2) is 10.9 Å². The molecule has 1 rings (SSSR count). The third-order valence-corrected chi connectivity index (χ3v) is 2.47. The fourth-order valence-corrected chi connectivity index (χ4v) is 1.45. The van der Waals surface area contributed by atoms with E-state index in [1.165, 1.54) is 14.2 Å². The molecule has 0 aliphatic carbocycles. The van der Waals surface area contributed by atoms with Crippen molar-refractivity contribution in [2.75, 3.05) is 14.2 Å². The van der Waals surface area contributed by atoms with Crippen molar-refractivity contribution in [1.82, 2.24) is 5.01 Å². The van der Waals surface area contributed by atoms with Crippen molar-refractivity contribution < 1.29 is 14.3 Å². The Bertz CT molecular complexity index is 451. The minimum Gasteiger partial charge on any atom is -0.493 e. The number of thiol groups is 1. The summed E-state index contributed by atoms with van der Waals surface area (Å²) in [6.07, 6.45) is 0. The van der Waals surface area contributed by atoms with Crippen molar-refractivity contribution in [3.8, 4) is 11.5 Å². The largest absolute Gasteiger partial charge is 0.493 e. The smallest absolute Gasteiger partial charge is 0.277 e. The molecule has 0 aromatic heterocycles. The molecular weight excluding hydrogens is 260 g/mol. The molecule has 0 spiro atoms. The first-order valence-electron chi connectivity index (χ1n) is 4.56. The Balaban J connectivity index is 3.22. The van der Waals surface area contributed by atoms with E-state index >= 15 is 0 Å². The summed E-state index contributed by atoms with van der Waals surface area (Å²) in [4.78, 5) is 12.0. The van der Waals surface area contributed by atoms with Crippen molar-refractivity contribution in [3.05, 3.63) is 23.8 Å². The number of carbonyl (C=O) groups is 1. The summed E-state index contributed by atoms with van der Waals surface area (Å²) in [7, 11) is 2.92. The van der Waals surface area contributed by atoms with Crippen molar-refractivity contribution in [1.29, 1.82) is 0 Å². The number of hydrogen-bond acceptors (Lipinski definition) is 5. The fraction of sp³-hybridized carbons (Fsp3) is 0.200. The number of amides is 1. The molecule has 0 aliphatic rings. The topological polar surface area (TPSA) is 64.8 Å². The van der Waals surface area contributed by atoms with E-state index in [0.717, 1.165) is 5.01 Å². The average molecular weight is 272 g/mol. The molecule has 17 heavy (non-hydrogen) atoms. The molecule has 0 aliphatic heterocycles. The Labute approximate surface area is 110 Å². The van der Waals surface area contributed by atoms with Crippen LogP contribution in [0.15, 0.2) is 18.2 Å². The minimum atomic E-state index is -0.513. The zero-order chi connectivity index (χ0) is 13.0. The molecule has 0 unspecified atom stereocenters. The standard InChI is InChI=1S/C10H12N2O3S2/c1-14-7-5-3-4-6(8(7)15-2)9(13)12(11)10(16)17/h3-5H,11H2,1-2H3,(H,16,17). The van der Waals surface area contributed by atoms with Gasteiger partial charge in [-0.2, -0.15) is 0 Å². The number of hydrazine groups is 1. The number of para-hydroxylation sites is 1. The highest BCUT2D eigenvalue weighted by Gasteiger charge is 2.21. The van der Waals surface area contributed by atoms with Crippen LogP contribution >= 0.6 is 24.8 Å². The third-order valence-electron chi connectivity index (χ3n) is 2.06. The predicted octanol–water partition coefficient (Wildman–Crippen LogP) is 1.23. The summed E-state index contributed by atoms with van der Waals surface area (Å²) in [5.74, 6) is 5.71. The Morgan fingerprint density at radius 3 is 2.53 bits per heavy atom. The van der Waals surface area contributed by atoms with Crippen LogP contribution < -0.4 is 15.3 Å². The average Bonchev–Trinajstić information content (AvgIpc) is 2.35. The minimum absolute atomic E-state index is 0.0279. The van der Waals surface area contributed by atoms with Crippen LogP contribution in [-0.4, -0.2) is 29.5 Å². The van der Waals surface area contributed by atoms with E-state index in [1.54, 1.807) is 18.2 Å². The number of nitrogens with two attached hydrogens (primary N) is 1. The molecule has 0 heterocycles. The highest BCUT2D eigenvalue weighted by molar-refractivity contribution is 8.11. The summed E-state index contributed by atoms with van der Waals surface area (Å²) < 4.78 is 10.2. The molecular formula is C10H12N2O3S2. The van der Waals surface area contributed by atoms with Gasteiger partial charge in [0.05, 0.1) is 19.8 Å².